The molecular weight excluding hydrogens is 1310 g/mol. The van der Waals surface area contributed by atoms with Gasteiger partial charge in [0, 0.05) is 65.2 Å². The van der Waals surface area contributed by atoms with Crippen LogP contribution in [0.1, 0.15) is 243 Å². The summed E-state index contributed by atoms with van der Waals surface area (Å²) < 4.78 is 34.6. The number of nitrogens with zero attached hydrogens (tertiary/aromatic N) is 4. The number of rotatable bonds is 54. The molecule has 1 radical (unpaired) electrons. The number of ether oxygens (including phenoxy) is 2. The van der Waals surface area contributed by atoms with Gasteiger partial charge in [0.1, 0.15) is 18.0 Å². The molecule has 0 spiro atoms. The number of carbonyl (C=O) groups excluding carboxylic acids is 2. The predicted molar refractivity (Wildman–Crippen MR) is 342 cm³/mol. The van der Waals surface area contributed by atoms with Crippen molar-refractivity contribution >= 4 is 49.0 Å². The Kier molecular flexibility index (Phi) is 46.7. The van der Waals surface area contributed by atoms with Crippen LogP contribution in [0.5, 0.6) is 0 Å². The van der Waals surface area contributed by atoms with Gasteiger partial charge in [-0.3, -0.25) is 62.3 Å². The van der Waals surface area contributed by atoms with E-state index in [4.69, 9.17) is 23.5 Å². The quantitative estimate of drug-likeness (QED) is 0.0155. The molecule has 24 heteroatoms. The van der Waals surface area contributed by atoms with E-state index in [1.807, 2.05) is 12.1 Å². The van der Waals surface area contributed by atoms with E-state index in [0.717, 1.165) is 44.1 Å². The number of hydrogen-bond acceptors (Lipinski definition) is 18. The molecule has 22 nitrogen and oxygen atoms in total. The van der Waals surface area contributed by atoms with Crippen LogP contribution in [-0.4, -0.2) is 155 Å². The molecule has 1 aromatic heterocycles. The van der Waals surface area contributed by atoms with Crippen molar-refractivity contribution in [2.75, 3.05) is 89.4 Å². The van der Waals surface area contributed by atoms with Crippen molar-refractivity contribution in [3.8, 4) is 0 Å². The van der Waals surface area contributed by atoms with E-state index in [1.165, 1.54) is 141 Å². The monoisotopic (exact) mass is 1420 g/mol. The molecule has 2 atom stereocenters. The normalized spacial score (nSPS) is 14.5. The molecule has 1 aliphatic heterocycles. The fourth-order valence-corrected chi connectivity index (χ4v) is 11.8. The number of aromatic nitrogens is 1. The van der Waals surface area contributed by atoms with Gasteiger partial charge in [0.25, 0.3) is 10.9 Å². The van der Waals surface area contributed by atoms with Crippen LogP contribution < -0.4 is 21.5 Å². The van der Waals surface area contributed by atoms with Gasteiger partial charge in [-0.05, 0) is 43.4 Å². The van der Waals surface area contributed by atoms with E-state index in [2.05, 4.69) is 24.5 Å². The van der Waals surface area contributed by atoms with E-state index in [9.17, 15) is 58.3 Å². The van der Waals surface area contributed by atoms with E-state index in [-0.39, 0.29) is 143 Å². The topological polar surface area (TPSA) is 301 Å². The summed E-state index contributed by atoms with van der Waals surface area (Å²) in [6.07, 6.45) is 35.8. The summed E-state index contributed by atoms with van der Waals surface area (Å²) in [6, 6.07) is 3.64. The number of carboxylic acids is 3. The number of carboxylic acid groups (broad SMARTS) is 3. The number of anilines is 2. The third kappa shape index (κ3) is 41.0. The molecule has 1 unspecified atom stereocenters. The Hall–Kier alpha value is -3.51. The second-order valence-electron chi connectivity index (χ2n) is 24.0. The number of aliphatic carboxylic acids is 3. The third-order valence-corrected chi connectivity index (χ3v) is 16.9. The number of nitrogens with one attached hydrogen (secondary N) is 2. The van der Waals surface area contributed by atoms with Crippen LogP contribution in [0.3, 0.4) is 0 Å². The van der Waals surface area contributed by atoms with Crippen LogP contribution in [0.15, 0.2) is 21.7 Å². The second-order valence-corrected chi connectivity index (χ2v) is 25.4. The molecule has 89 heavy (non-hydrogen) atoms. The molecule has 0 aliphatic carbocycles. The number of fused-ring (bicyclic) bond motifs is 2. The minimum atomic E-state index is -4.77. The Morgan fingerprint density at radius 1 is 0.517 bits per heavy atom. The summed E-state index contributed by atoms with van der Waals surface area (Å²) in [5, 5.41) is 34.6. The first-order valence-electron chi connectivity index (χ1n) is 33.6. The fourth-order valence-electron chi connectivity index (χ4n) is 11.0. The van der Waals surface area contributed by atoms with Gasteiger partial charge in [0.05, 0.1) is 44.2 Å². The van der Waals surface area contributed by atoms with Gasteiger partial charge in [0.15, 0.2) is 6.10 Å². The van der Waals surface area contributed by atoms with E-state index in [0.29, 0.717) is 37.1 Å². The maximum absolute atomic E-state index is 13.1. The standard InChI is InChI=1S/C65H111N6O16P.Gd/c1-3-5-7-9-11-13-15-17-19-21-23-25-27-29-31-35-60(78)84-51-56(87-61(79)36-32-30-28-26-24-22-20-18-16-14-12-10-8-6-4-2)52-86-88(82,83)85-43-38-67-63-62(64(80)65(63)81)66-37-33-34-53-44-54-46-70(49-58(74)75)41-39-69(48-57(72)73)40-42-71(50-59(76)77)47-55(45-53)68-54;/h44-45,56,66-67H,3-43,46-52H2,1-2H3,(H,72,73)(H,74,75)(H,76,77)(H,82,83);/q;+3/t56-;/m0./s1. The van der Waals surface area contributed by atoms with Gasteiger partial charge in [-0.1, -0.05) is 194 Å². The first kappa shape index (κ1) is 81.6. The molecule has 2 bridgehead atoms. The average molecular weight is 1420 g/mol. The largest absolute Gasteiger partial charge is 3.00 e. The van der Waals surface area contributed by atoms with Crippen LogP contribution >= 0.6 is 7.82 Å². The molecule has 0 saturated heterocycles. The minimum Gasteiger partial charge on any atom is -0.480 e. The van der Waals surface area contributed by atoms with E-state index in [1.54, 1.807) is 14.7 Å². The number of pyridine rings is 1. The summed E-state index contributed by atoms with van der Waals surface area (Å²) in [4.78, 5) is 107. The molecule has 0 saturated carbocycles. The first-order valence-corrected chi connectivity index (χ1v) is 35.1. The number of hydrogen-bond donors (Lipinski definition) is 6. The minimum absolute atomic E-state index is 0. The third-order valence-electron chi connectivity index (χ3n) is 15.9. The molecule has 3 rings (SSSR count). The van der Waals surface area contributed by atoms with Crippen LogP contribution in [0.4, 0.5) is 11.4 Å². The predicted octanol–water partition coefficient (Wildman–Crippen LogP) is 11.4. The van der Waals surface area contributed by atoms with Crippen molar-refractivity contribution in [2.24, 2.45) is 0 Å². The molecular formula is C65H111GdN6O16P+3. The van der Waals surface area contributed by atoms with Crippen molar-refractivity contribution < 1.29 is 107 Å². The Balaban J connectivity index is 0.0000270. The summed E-state index contributed by atoms with van der Waals surface area (Å²) >= 11 is 0. The van der Waals surface area contributed by atoms with Crippen molar-refractivity contribution in [3.05, 3.63) is 49.5 Å². The summed E-state index contributed by atoms with van der Waals surface area (Å²) in [5.74, 6) is -4.18. The van der Waals surface area contributed by atoms with Gasteiger partial charge in [0.2, 0.25) is 0 Å². The summed E-state index contributed by atoms with van der Waals surface area (Å²) in [6.45, 7) is 3.45. The maximum atomic E-state index is 13.1. The molecule has 2 aromatic rings. The van der Waals surface area contributed by atoms with Gasteiger partial charge in [-0.15, -0.1) is 0 Å². The Labute approximate surface area is 562 Å². The van der Waals surface area contributed by atoms with Gasteiger partial charge in [-0.2, -0.15) is 0 Å². The van der Waals surface area contributed by atoms with Crippen molar-refractivity contribution in [1.29, 1.82) is 0 Å². The zero-order valence-corrected chi connectivity index (χ0v) is 57.1. The summed E-state index contributed by atoms with van der Waals surface area (Å²) in [7, 11) is -4.77. The smallest absolute Gasteiger partial charge is 0.480 e. The zero-order chi connectivity index (χ0) is 64.0. The van der Waals surface area contributed by atoms with Gasteiger partial charge < -0.3 is 40.3 Å². The number of phosphoric ester groups is 1. The average Bonchev–Trinajstić information content (AvgIpc) is 1.17. The Bertz CT molecular complexity index is 2350. The maximum Gasteiger partial charge on any atom is 3.00 e. The molecule has 2 heterocycles. The number of esters is 2. The van der Waals surface area contributed by atoms with Crippen molar-refractivity contribution in [3.63, 3.8) is 0 Å². The van der Waals surface area contributed by atoms with E-state index < -0.39 is 67.8 Å². The van der Waals surface area contributed by atoms with Crippen LogP contribution in [0.2, 0.25) is 0 Å². The summed E-state index contributed by atoms with van der Waals surface area (Å²) in [5.41, 5.74) is 0.386. The molecule has 507 valence electrons. The second kappa shape index (κ2) is 51.0. The molecule has 0 amide bonds. The Morgan fingerprint density at radius 3 is 1.30 bits per heavy atom. The first-order chi connectivity index (χ1) is 42.5. The van der Waals surface area contributed by atoms with Crippen molar-refractivity contribution in [2.45, 2.75) is 251 Å². The number of unbranched alkanes of at least 4 members (excludes halogenated alkanes) is 28. The van der Waals surface area contributed by atoms with Gasteiger partial charge >= 0.3 is 77.6 Å². The molecule has 1 aromatic carbocycles. The van der Waals surface area contributed by atoms with Crippen LogP contribution in [-0.2, 0) is 66.6 Å². The number of phosphoric acid groups is 1. The fraction of sp³-hybridized carbons (Fsp3) is 0.785. The SMILES string of the molecule is CCCCCCCCCCCCCCCCCC(=O)OC[C@@H](COP(=O)(O)OCCNc1c(NCCCc2cc3nc(c2)CN(CC(=O)O)CCN(CC(=O)O)CCN(CC(=O)O)C3)c(=O)c1=O)OC(=O)CCCCCCCCCCCCCCCCC.[Gd+3]. The van der Waals surface area contributed by atoms with Crippen LogP contribution in [0, 0.1) is 39.9 Å². The van der Waals surface area contributed by atoms with Crippen molar-refractivity contribution in [1.82, 2.24) is 19.7 Å². The number of aryl methyl sites for hydroxylation is 1. The van der Waals surface area contributed by atoms with E-state index >= 15 is 0 Å². The van der Waals surface area contributed by atoms with Crippen LogP contribution in [0.25, 0.3) is 0 Å². The van der Waals surface area contributed by atoms with Gasteiger partial charge in [-0.25, -0.2) is 4.57 Å². The number of carbonyl (C=O) groups is 5. The Morgan fingerprint density at radius 2 is 0.888 bits per heavy atom. The molecule has 0 fully saturated rings. The molecule has 1 aliphatic rings. The molecule has 6 N–H and O–H groups in total. The zero-order valence-electron chi connectivity index (χ0n) is 54.0.